The molecule has 4 fully saturated rings. The minimum Gasteiger partial charge on any atom is -0.378 e. The Balaban J connectivity index is 0.000000146. The van der Waals surface area contributed by atoms with Crippen molar-refractivity contribution in [3.63, 3.8) is 0 Å². The van der Waals surface area contributed by atoms with Crippen molar-refractivity contribution in [3.8, 4) is 0 Å². The highest BCUT2D eigenvalue weighted by Gasteiger charge is 2.49. The maximum absolute atomic E-state index is 10.1. The SMILES string of the molecule is CC1(C)COCC2(CCCC2)N1.CC1(C)COCC2(CCCC2)N1O. The highest BCUT2D eigenvalue weighted by atomic mass is 16.5. The molecule has 2 spiro atoms. The van der Waals surface area contributed by atoms with Crippen molar-refractivity contribution in [2.75, 3.05) is 26.4 Å². The molecule has 5 nitrogen and oxygen atoms in total. The molecule has 0 aromatic carbocycles. The van der Waals surface area contributed by atoms with E-state index in [1.54, 1.807) is 5.06 Å². The Kier molecular flexibility index (Phi) is 5.54. The first-order valence-corrected chi connectivity index (χ1v) is 10.1. The Morgan fingerprint density at radius 1 is 0.760 bits per heavy atom. The Labute approximate surface area is 153 Å². The van der Waals surface area contributed by atoms with E-state index in [0.29, 0.717) is 18.8 Å². The molecule has 5 heteroatoms. The molecule has 0 unspecified atom stereocenters. The number of nitrogens with one attached hydrogen (secondary N) is 1. The maximum atomic E-state index is 10.1. The second-order valence-corrected chi connectivity index (χ2v) is 10.0. The lowest BCUT2D eigenvalue weighted by Crippen LogP contribution is -2.63. The lowest BCUT2D eigenvalue weighted by Gasteiger charge is -2.49. The van der Waals surface area contributed by atoms with Gasteiger partial charge >= 0.3 is 0 Å². The van der Waals surface area contributed by atoms with Crippen LogP contribution >= 0.6 is 0 Å². The average Bonchev–Trinajstić information content (AvgIpc) is 3.15. The second-order valence-electron chi connectivity index (χ2n) is 10.0. The van der Waals surface area contributed by atoms with Gasteiger partial charge in [-0.1, -0.05) is 25.7 Å². The van der Waals surface area contributed by atoms with Gasteiger partial charge in [-0.2, -0.15) is 5.06 Å². The van der Waals surface area contributed by atoms with Crippen LogP contribution in [0.4, 0.5) is 0 Å². The summed E-state index contributed by atoms with van der Waals surface area (Å²) in [5, 5.41) is 15.4. The van der Waals surface area contributed by atoms with E-state index in [2.05, 4.69) is 19.2 Å². The molecule has 2 saturated heterocycles. The fourth-order valence-corrected chi connectivity index (χ4v) is 5.26. The Morgan fingerprint density at radius 3 is 1.92 bits per heavy atom. The Bertz CT molecular complexity index is 452. The number of ether oxygens (including phenoxy) is 2. The number of hydrogen-bond donors (Lipinski definition) is 2. The molecular weight excluding hydrogens is 316 g/mol. The van der Waals surface area contributed by atoms with Crippen molar-refractivity contribution in [2.45, 2.75) is 101 Å². The average molecular weight is 355 g/mol. The molecule has 4 rings (SSSR count). The molecule has 0 aromatic heterocycles. The molecule has 0 amide bonds. The zero-order valence-electron chi connectivity index (χ0n) is 16.7. The molecule has 2 heterocycles. The highest BCUT2D eigenvalue weighted by Crippen LogP contribution is 2.41. The summed E-state index contributed by atoms with van der Waals surface area (Å²) in [7, 11) is 0. The van der Waals surface area contributed by atoms with Crippen LogP contribution in [-0.4, -0.2) is 58.9 Å². The summed E-state index contributed by atoms with van der Waals surface area (Å²) < 4.78 is 11.3. The number of hydroxylamine groups is 2. The molecule has 2 N–H and O–H groups in total. The van der Waals surface area contributed by atoms with E-state index in [-0.39, 0.29) is 16.6 Å². The maximum Gasteiger partial charge on any atom is 0.0700 e. The summed E-state index contributed by atoms with van der Waals surface area (Å²) in [6, 6.07) is 0. The zero-order valence-corrected chi connectivity index (χ0v) is 16.7. The summed E-state index contributed by atoms with van der Waals surface area (Å²) >= 11 is 0. The minimum atomic E-state index is -0.220. The van der Waals surface area contributed by atoms with Crippen LogP contribution in [0.5, 0.6) is 0 Å². The second kappa shape index (κ2) is 7.08. The van der Waals surface area contributed by atoms with Gasteiger partial charge in [0.05, 0.1) is 37.5 Å². The molecule has 0 aromatic rings. The van der Waals surface area contributed by atoms with Crippen molar-refractivity contribution in [2.24, 2.45) is 0 Å². The van der Waals surface area contributed by atoms with Gasteiger partial charge in [0, 0.05) is 11.1 Å². The van der Waals surface area contributed by atoms with E-state index in [9.17, 15) is 5.21 Å². The van der Waals surface area contributed by atoms with E-state index >= 15 is 0 Å². The quantitative estimate of drug-likeness (QED) is 0.697. The van der Waals surface area contributed by atoms with E-state index in [1.807, 2.05) is 13.8 Å². The van der Waals surface area contributed by atoms with Crippen LogP contribution in [0.15, 0.2) is 0 Å². The van der Waals surface area contributed by atoms with Crippen LogP contribution in [0.2, 0.25) is 0 Å². The normalized spacial score (nSPS) is 32.5. The summed E-state index contributed by atoms with van der Waals surface area (Å²) in [6.07, 6.45) is 9.93. The van der Waals surface area contributed by atoms with Crippen LogP contribution in [-0.2, 0) is 9.47 Å². The standard InChI is InChI=1S/C10H19NO2.C10H19NO/c1-9(2)7-13-8-10(11(9)12)5-3-4-6-10;1-9(2)7-12-8-10(11-9)5-3-4-6-10/h12H,3-8H2,1-2H3;11H,3-8H2,1-2H3. The minimum absolute atomic E-state index is 0.0677. The first kappa shape index (κ1) is 19.6. The molecule has 0 radical (unpaired) electrons. The van der Waals surface area contributed by atoms with Crippen LogP contribution in [0.3, 0.4) is 0 Å². The molecule has 2 saturated carbocycles. The lowest BCUT2D eigenvalue weighted by atomic mass is 9.90. The van der Waals surface area contributed by atoms with Crippen LogP contribution < -0.4 is 5.32 Å². The Hall–Kier alpha value is -0.200. The predicted octanol–water partition coefficient (Wildman–Crippen LogP) is 3.50. The fourth-order valence-electron chi connectivity index (χ4n) is 5.26. The molecule has 2 aliphatic carbocycles. The van der Waals surface area contributed by atoms with E-state index in [0.717, 1.165) is 26.1 Å². The van der Waals surface area contributed by atoms with E-state index in [1.165, 1.54) is 38.5 Å². The van der Waals surface area contributed by atoms with E-state index in [4.69, 9.17) is 9.47 Å². The smallest absolute Gasteiger partial charge is 0.0700 e. The molecule has 0 atom stereocenters. The monoisotopic (exact) mass is 354 g/mol. The first-order chi connectivity index (χ1) is 11.7. The fraction of sp³-hybridized carbons (Fsp3) is 1.00. The van der Waals surface area contributed by atoms with Crippen molar-refractivity contribution in [1.82, 2.24) is 10.4 Å². The van der Waals surface area contributed by atoms with Crippen molar-refractivity contribution < 1.29 is 14.7 Å². The largest absolute Gasteiger partial charge is 0.378 e. The first-order valence-electron chi connectivity index (χ1n) is 10.1. The van der Waals surface area contributed by atoms with Crippen molar-refractivity contribution in [3.05, 3.63) is 0 Å². The van der Waals surface area contributed by atoms with Gasteiger partial charge in [0.2, 0.25) is 0 Å². The van der Waals surface area contributed by atoms with Crippen LogP contribution in [0, 0.1) is 0 Å². The van der Waals surface area contributed by atoms with Crippen LogP contribution in [0.1, 0.15) is 79.1 Å². The molecule has 2 aliphatic heterocycles. The van der Waals surface area contributed by atoms with Gasteiger partial charge < -0.3 is 20.0 Å². The predicted molar refractivity (Wildman–Crippen MR) is 99.0 cm³/mol. The summed E-state index contributed by atoms with van der Waals surface area (Å²) in [4.78, 5) is 0. The number of morpholine rings is 2. The van der Waals surface area contributed by atoms with Crippen molar-refractivity contribution >= 4 is 0 Å². The lowest BCUT2D eigenvalue weighted by molar-refractivity contribution is -0.286. The molecule has 0 bridgehead atoms. The molecule has 4 aliphatic rings. The van der Waals surface area contributed by atoms with Gasteiger partial charge in [-0.25, -0.2) is 0 Å². The third-order valence-corrected chi connectivity index (χ3v) is 6.39. The Morgan fingerprint density at radius 2 is 1.32 bits per heavy atom. The summed E-state index contributed by atoms with van der Waals surface area (Å²) in [5.41, 5.74) is 0.231. The van der Waals surface area contributed by atoms with Crippen LogP contribution in [0.25, 0.3) is 0 Å². The number of nitrogens with zero attached hydrogens (tertiary/aromatic N) is 1. The number of hydrogen-bond acceptors (Lipinski definition) is 5. The summed E-state index contributed by atoms with van der Waals surface area (Å²) in [5.74, 6) is 0. The molecule has 146 valence electrons. The van der Waals surface area contributed by atoms with Crippen molar-refractivity contribution in [1.29, 1.82) is 0 Å². The van der Waals surface area contributed by atoms with Gasteiger partial charge in [-0.3, -0.25) is 0 Å². The van der Waals surface area contributed by atoms with Gasteiger partial charge in [-0.15, -0.1) is 0 Å². The third-order valence-electron chi connectivity index (χ3n) is 6.39. The van der Waals surface area contributed by atoms with Gasteiger partial charge in [-0.05, 0) is 53.4 Å². The zero-order chi connectivity index (χ0) is 18.2. The molecule has 25 heavy (non-hydrogen) atoms. The van der Waals surface area contributed by atoms with E-state index < -0.39 is 0 Å². The summed E-state index contributed by atoms with van der Waals surface area (Å²) in [6.45, 7) is 11.6. The number of rotatable bonds is 0. The van der Waals surface area contributed by atoms with Gasteiger partial charge in [0.25, 0.3) is 0 Å². The third kappa shape index (κ3) is 4.22. The topological polar surface area (TPSA) is 54.0 Å². The van der Waals surface area contributed by atoms with Gasteiger partial charge in [0.15, 0.2) is 0 Å². The molecular formula is C20H38N2O3. The van der Waals surface area contributed by atoms with Gasteiger partial charge in [0.1, 0.15) is 0 Å². The highest BCUT2D eigenvalue weighted by molar-refractivity contribution is 5.01.